The molecule has 7 heteroatoms. The molecule has 1 aliphatic carbocycles. The van der Waals surface area contributed by atoms with Crippen LogP contribution < -0.4 is 4.90 Å². The first-order chi connectivity index (χ1) is 10.9. The van der Waals surface area contributed by atoms with E-state index < -0.39 is 17.5 Å². The van der Waals surface area contributed by atoms with E-state index in [0.717, 1.165) is 10.0 Å². The minimum absolute atomic E-state index is 0.147. The number of thioether (sulfide) groups is 1. The van der Waals surface area contributed by atoms with Gasteiger partial charge in [-0.25, -0.2) is 0 Å². The Morgan fingerprint density at radius 3 is 2.52 bits per heavy atom. The second kappa shape index (κ2) is 5.98. The number of anilines is 1. The van der Waals surface area contributed by atoms with Crippen LogP contribution >= 0.6 is 23.1 Å². The molecule has 1 N–H and O–H groups in total. The summed E-state index contributed by atoms with van der Waals surface area (Å²) in [6.07, 6.45) is 3.61. The molecule has 1 aromatic rings. The number of aliphatic hydroxyl groups is 1. The minimum atomic E-state index is -0.865. The lowest BCUT2D eigenvalue weighted by atomic mass is 9.98. The first-order valence-electron chi connectivity index (χ1n) is 7.05. The fourth-order valence-electron chi connectivity index (χ4n) is 2.60. The number of hydrogen-bond donors (Lipinski definition) is 1. The summed E-state index contributed by atoms with van der Waals surface area (Å²) >= 11 is 2.76. The summed E-state index contributed by atoms with van der Waals surface area (Å²) < 4.78 is 0. The van der Waals surface area contributed by atoms with Crippen molar-refractivity contribution in [2.75, 3.05) is 26.0 Å². The number of hydrogen-bond acceptors (Lipinski definition) is 7. The van der Waals surface area contributed by atoms with Gasteiger partial charge in [-0.15, -0.1) is 11.3 Å². The Bertz CT molecular complexity index is 774. The van der Waals surface area contributed by atoms with Gasteiger partial charge in [0.2, 0.25) is 5.78 Å². The lowest BCUT2D eigenvalue weighted by Gasteiger charge is -2.13. The molecule has 5 nitrogen and oxygen atoms in total. The van der Waals surface area contributed by atoms with Gasteiger partial charge in [0.1, 0.15) is 5.92 Å². The SMILES string of the molecule is CN=C1C=CC(C2C(=O)C(O)=C(c3ccc(N(C)C)s3)C2=O)S1. The summed E-state index contributed by atoms with van der Waals surface area (Å²) in [6, 6.07) is 3.65. The van der Waals surface area contributed by atoms with Gasteiger partial charge in [0.15, 0.2) is 11.5 Å². The highest BCUT2D eigenvalue weighted by Gasteiger charge is 2.47. The number of nitrogens with zero attached hydrogens (tertiary/aromatic N) is 2. The molecular formula is C16H16N2O3S2. The molecule has 23 heavy (non-hydrogen) atoms. The molecule has 2 atom stereocenters. The molecule has 1 aliphatic heterocycles. The van der Waals surface area contributed by atoms with Crippen LogP contribution in [0.3, 0.4) is 0 Å². The molecule has 0 radical (unpaired) electrons. The highest BCUT2D eigenvalue weighted by Crippen LogP contribution is 2.42. The lowest BCUT2D eigenvalue weighted by Crippen LogP contribution is -2.27. The third-order valence-electron chi connectivity index (χ3n) is 3.79. The lowest BCUT2D eigenvalue weighted by molar-refractivity contribution is -0.126. The summed E-state index contributed by atoms with van der Waals surface area (Å²) in [5.74, 6) is -2.08. The Balaban J connectivity index is 1.92. The Labute approximate surface area is 142 Å². The molecular weight excluding hydrogens is 332 g/mol. The Kier molecular flexibility index (Phi) is 4.16. The summed E-state index contributed by atoms with van der Waals surface area (Å²) in [4.78, 5) is 31.8. The molecule has 0 saturated heterocycles. The van der Waals surface area contributed by atoms with E-state index in [1.807, 2.05) is 31.1 Å². The van der Waals surface area contributed by atoms with Crippen molar-refractivity contribution in [3.63, 3.8) is 0 Å². The van der Waals surface area contributed by atoms with Crippen molar-refractivity contribution in [1.82, 2.24) is 0 Å². The number of aliphatic hydroxyl groups excluding tert-OH is 1. The van der Waals surface area contributed by atoms with Crippen LogP contribution in [0.1, 0.15) is 4.88 Å². The zero-order chi connectivity index (χ0) is 16.7. The van der Waals surface area contributed by atoms with Crippen LogP contribution in [-0.2, 0) is 9.59 Å². The molecule has 0 amide bonds. The van der Waals surface area contributed by atoms with Crippen molar-refractivity contribution in [3.05, 3.63) is 34.9 Å². The van der Waals surface area contributed by atoms with E-state index in [2.05, 4.69) is 4.99 Å². The smallest absolute Gasteiger partial charge is 0.210 e. The summed E-state index contributed by atoms with van der Waals surface area (Å²) in [5.41, 5.74) is 0.147. The van der Waals surface area contributed by atoms with E-state index in [-0.39, 0.29) is 16.6 Å². The van der Waals surface area contributed by atoms with Gasteiger partial charge in [-0.3, -0.25) is 14.6 Å². The van der Waals surface area contributed by atoms with Gasteiger partial charge in [0.05, 0.1) is 15.6 Å². The summed E-state index contributed by atoms with van der Waals surface area (Å²) in [7, 11) is 5.47. The van der Waals surface area contributed by atoms with Crippen LogP contribution in [0.2, 0.25) is 0 Å². The number of carbonyl (C=O) groups is 2. The number of allylic oxidation sites excluding steroid dienone is 2. The first-order valence-corrected chi connectivity index (χ1v) is 8.74. The molecule has 3 rings (SSSR count). The van der Waals surface area contributed by atoms with Crippen LogP contribution in [0.4, 0.5) is 5.00 Å². The predicted octanol–water partition coefficient (Wildman–Crippen LogP) is 2.55. The van der Waals surface area contributed by atoms with Gasteiger partial charge in [-0.1, -0.05) is 17.8 Å². The maximum absolute atomic E-state index is 12.8. The van der Waals surface area contributed by atoms with Crippen LogP contribution in [0.15, 0.2) is 35.0 Å². The fourth-order valence-corrected chi connectivity index (χ4v) is 4.66. The molecule has 2 aliphatic rings. The quantitative estimate of drug-likeness (QED) is 0.850. The fraction of sp³-hybridized carbons (Fsp3) is 0.312. The third kappa shape index (κ3) is 2.64. The monoisotopic (exact) mass is 348 g/mol. The zero-order valence-electron chi connectivity index (χ0n) is 12.9. The number of Topliss-reactive ketones (excluding diaryl/α,β-unsaturated/α-hetero) is 2. The zero-order valence-corrected chi connectivity index (χ0v) is 14.6. The first kappa shape index (κ1) is 16.0. The summed E-state index contributed by atoms with van der Waals surface area (Å²) in [5, 5.41) is 11.7. The third-order valence-corrected chi connectivity index (χ3v) is 6.33. The number of carbonyl (C=O) groups excluding carboxylic acids is 2. The van der Waals surface area contributed by atoms with Crippen LogP contribution in [-0.4, -0.2) is 48.1 Å². The van der Waals surface area contributed by atoms with Crippen molar-refractivity contribution < 1.29 is 14.7 Å². The van der Waals surface area contributed by atoms with Gasteiger partial charge in [-0.05, 0) is 18.2 Å². The molecule has 120 valence electrons. The van der Waals surface area contributed by atoms with Crippen molar-refractivity contribution in [2.45, 2.75) is 5.25 Å². The standard InChI is InChI=1S/C16H16N2O3S2/c1-17-10-6-4-8(22-10)12-14(19)13(16(21)15(12)20)9-5-7-11(23-9)18(2)3/h4-8,12,21H,1-3H3. The maximum Gasteiger partial charge on any atom is 0.210 e. The van der Waals surface area contributed by atoms with Crippen molar-refractivity contribution in [1.29, 1.82) is 0 Å². The van der Waals surface area contributed by atoms with E-state index in [4.69, 9.17) is 0 Å². The van der Waals surface area contributed by atoms with Crippen molar-refractivity contribution >= 4 is 50.3 Å². The van der Waals surface area contributed by atoms with Crippen molar-refractivity contribution in [3.8, 4) is 0 Å². The summed E-state index contributed by atoms with van der Waals surface area (Å²) in [6.45, 7) is 0. The second-order valence-corrected chi connectivity index (χ2v) is 7.73. The predicted molar refractivity (Wildman–Crippen MR) is 95.6 cm³/mol. The number of ketones is 2. The largest absolute Gasteiger partial charge is 0.504 e. The number of rotatable bonds is 3. The van der Waals surface area contributed by atoms with Crippen molar-refractivity contribution in [2.24, 2.45) is 10.9 Å². The molecule has 0 bridgehead atoms. The van der Waals surface area contributed by atoms with Gasteiger partial charge in [0.25, 0.3) is 0 Å². The van der Waals surface area contributed by atoms with E-state index in [0.29, 0.717) is 4.88 Å². The molecule has 0 aromatic carbocycles. The second-order valence-electron chi connectivity index (χ2n) is 5.47. The molecule has 1 aromatic heterocycles. The molecule has 0 fully saturated rings. The average molecular weight is 348 g/mol. The topological polar surface area (TPSA) is 70.0 Å². The van der Waals surface area contributed by atoms with E-state index in [1.165, 1.54) is 23.1 Å². The highest BCUT2D eigenvalue weighted by molar-refractivity contribution is 8.15. The Morgan fingerprint density at radius 2 is 1.96 bits per heavy atom. The Hall–Kier alpha value is -1.86. The molecule has 0 saturated carbocycles. The van der Waals surface area contributed by atoms with Gasteiger partial charge < -0.3 is 10.0 Å². The van der Waals surface area contributed by atoms with Crippen LogP contribution in [0.5, 0.6) is 0 Å². The van der Waals surface area contributed by atoms with Crippen LogP contribution in [0, 0.1) is 5.92 Å². The van der Waals surface area contributed by atoms with E-state index in [1.54, 1.807) is 19.2 Å². The molecule has 2 heterocycles. The Morgan fingerprint density at radius 1 is 1.22 bits per heavy atom. The normalized spacial score (nSPS) is 26.0. The average Bonchev–Trinajstić information content (AvgIpc) is 3.20. The van der Waals surface area contributed by atoms with E-state index >= 15 is 0 Å². The van der Waals surface area contributed by atoms with Crippen LogP contribution in [0.25, 0.3) is 5.57 Å². The van der Waals surface area contributed by atoms with Gasteiger partial charge >= 0.3 is 0 Å². The maximum atomic E-state index is 12.8. The molecule has 2 unspecified atom stereocenters. The van der Waals surface area contributed by atoms with Gasteiger partial charge in [0, 0.05) is 31.3 Å². The minimum Gasteiger partial charge on any atom is -0.504 e. The number of aliphatic imine (C=N–C) groups is 1. The number of thiophene rings is 1. The molecule has 0 spiro atoms. The highest BCUT2D eigenvalue weighted by atomic mass is 32.2. The van der Waals surface area contributed by atoms with E-state index in [9.17, 15) is 14.7 Å². The van der Waals surface area contributed by atoms with Gasteiger partial charge in [-0.2, -0.15) is 0 Å².